The number of nitrogens with zero attached hydrogens (tertiary/aromatic N) is 1. The van der Waals surface area contributed by atoms with Gasteiger partial charge in [0.15, 0.2) is 0 Å². The van der Waals surface area contributed by atoms with Crippen molar-refractivity contribution in [2.45, 2.75) is 6.10 Å². The summed E-state index contributed by atoms with van der Waals surface area (Å²) in [7, 11) is 0. The first kappa shape index (κ1) is 10.1. The molecule has 0 saturated carbocycles. The van der Waals surface area contributed by atoms with Gasteiger partial charge < -0.3 is 5.11 Å². The van der Waals surface area contributed by atoms with Crippen LogP contribution in [0.4, 0.5) is 0 Å². The molecule has 0 aliphatic heterocycles. The van der Waals surface area contributed by atoms with E-state index in [2.05, 4.69) is 4.98 Å². The molecule has 2 nitrogen and oxygen atoms in total. The summed E-state index contributed by atoms with van der Waals surface area (Å²) in [5.41, 5.74) is 1.28. The van der Waals surface area contributed by atoms with Crippen molar-refractivity contribution in [3.63, 3.8) is 0 Å². The summed E-state index contributed by atoms with van der Waals surface area (Å²) < 4.78 is 0. The predicted octanol–water partition coefficient (Wildman–Crippen LogP) is 2.82. The molecule has 1 atom stereocenters. The topological polar surface area (TPSA) is 33.1 Å². The van der Waals surface area contributed by atoms with Crippen molar-refractivity contribution in [3.8, 4) is 0 Å². The maximum Gasteiger partial charge on any atom is 0.122 e. The van der Waals surface area contributed by atoms with E-state index in [1.807, 2.05) is 30.3 Å². The number of hydrogen-bond donors (Lipinski definition) is 1. The zero-order valence-corrected chi connectivity index (χ0v) is 8.72. The molecule has 0 fully saturated rings. The van der Waals surface area contributed by atoms with Gasteiger partial charge >= 0.3 is 0 Å². The summed E-state index contributed by atoms with van der Waals surface area (Å²) in [6.45, 7) is 0. The van der Waals surface area contributed by atoms with Crippen LogP contribution >= 0.6 is 11.6 Å². The molecule has 1 aromatic carbocycles. The maximum atomic E-state index is 10.0. The molecule has 3 heteroatoms. The van der Waals surface area contributed by atoms with E-state index in [1.165, 1.54) is 0 Å². The van der Waals surface area contributed by atoms with Gasteiger partial charge in [0, 0.05) is 6.20 Å². The average Bonchev–Trinajstić information content (AvgIpc) is 2.30. The lowest BCUT2D eigenvalue weighted by Gasteiger charge is -2.11. The minimum Gasteiger partial charge on any atom is -0.382 e. The van der Waals surface area contributed by atoms with Gasteiger partial charge in [0.05, 0.1) is 10.7 Å². The number of aliphatic hydroxyl groups is 1. The van der Waals surface area contributed by atoms with E-state index in [4.69, 9.17) is 11.6 Å². The second-order valence-corrected chi connectivity index (χ2v) is 3.59. The minimum atomic E-state index is -0.764. The van der Waals surface area contributed by atoms with Gasteiger partial charge in [0.1, 0.15) is 6.10 Å². The van der Waals surface area contributed by atoms with Crippen LogP contribution in [0, 0.1) is 0 Å². The fourth-order valence-corrected chi connectivity index (χ4v) is 1.62. The minimum absolute atomic E-state index is 0.480. The molecule has 0 aliphatic rings. The highest BCUT2D eigenvalue weighted by Crippen LogP contribution is 2.25. The van der Waals surface area contributed by atoms with Crippen molar-refractivity contribution in [1.29, 1.82) is 0 Å². The molecule has 0 radical (unpaired) electrons. The summed E-state index contributed by atoms with van der Waals surface area (Å²) >= 11 is 5.95. The lowest BCUT2D eigenvalue weighted by molar-refractivity contribution is 0.215. The van der Waals surface area contributed by atoms with Crippen LogP contribution in [-0.2, 0) is 0 Å². The highest BCUT2D eigenvalue weighted by Gasteiger charge is 2.14. The van der Waals surface area contributed by atoms with Gasteiger partial charge in [0.25, 0.3) is 0 Å². The van der Waals surface area contributed by atoms with Gasteiger partial charge in [-0.25, -0.2) is 0 Å². The fourth-order valence-electron chi connectivity index (χ4n) is 1.39. The number of rotatable bonds is 2. The molecule has 2 aromatic rings. The molecule has 0 bridgehead atoms. The third-order valence-corrected chi connectivity index (χ3v) is 2.48. The highest BCUT2D eigenvalue weighted by atomic mass is 35.5. The Labute approximate surface area is 93.2 Å². The first-order valence-corrected chi connectivity index (χ1v) is 5.00. The van der Waals surface area contributed by atoms with E-state index in [9.17, 15) is 5.11 Å². The molecular formula is C12H10ClNO. The van der Waals surface area contributed by atoms with Crippen LogP contribution in [0.5, 0.6) is 0 Å². The molecule has 1 aromatic heterocycles. The van der Waals surface area contributed by atoms with Gasteiger partial charge in [0.2, 0.25) is 0 Å². The average molecular weight is 220 g/mol. The maximum absolute atomic E-state index is 10.0. The number of aromatic nitrogens is 1. The largest absolute Gasteiger partial charge is 0.382 e. The van der Waals surface area contributed by atoms with Crippen molar-refractivity contribution in [2.24, 2.45) is 0 Å². The molecule has 1 heterocycles. The summed E-state index contributed by atoms with van der Waals surface area (Å²) in [5.74, 6) is 0. The second kappa shape index (κ2) is 4.43. The molecule has 1 N–H and O–H groups in total. The Hall–Kier alpha value is -1.38. The molecule has 2 rings (SSSR count). The first-order chi connectivity index (χ1) is 7.29. The first-order valence-electron chi connectivity index (χ1n) is 4.62. The van der Waals surface area contributed by atoms with Gasteiger partial charge in [-0.1, -0.05) is 41.9 Å². The predicted molar refractivity (Wildman–Crippen MR) is 59.8 cm³/mol. The molecule has 0 saturated heterocycles. The quantitative estimate of drug-likeness (QED) is 0.843. The van der Waals surface area contributed by atoms with Gasteiger partial charge in [-0.05, 0) is 17.7 Å². The summed E-state index contributed by atoms with van der Waals surface area (Å²) in [6, 6.07) is 12.8. The molecular weight excluding hydrogens is 210 g/mol. The lowest BCUT2D eigenvalue weighted by Crippen LogP contribution is -2.02. The molecule has 0 amide bonds. The second-order valence-electron chi connectivity index (χ2n) is 3.18. The third-order valence-electron chi connectivity index (χ3n) is 2.16. The smallest absolute Gasteiger partial charge is 0.122 e. The molecule has 76 valence electrons. The molecule has 1 unspecified atom stereocenters. The zero-order chi connectivity index (χ0) is 10.7. The SMILES string of the molecule is OC(c1ccccc1)c1ncccc1Cl. The monoisotopic (exact) mass is 219 g/mol. The summed E-state index contributed by atoms with van der Waals surface area (Å²) in [5, 5.41) is 10.5. The van der Waals surface area contributed by atoms with Crippen LogP contribution in [0.15, 0.2) is 48.7 Å². The Balaban J connectivity index is 2.37. The normalized spacial score (nSPS) is 12.4. The number of aliphatic hydroxyl groups excluding tert-OH is 1. The fraction of sp³-hybridized carbons (Fsp3) is 0.0833. The van der Waals surface area contributed by atoms with E-state index >= 15 is 0 Å². The van der Waals surface area contributed by atoms with Crippen LogP contribution in [0.1, 0.15) is 17.4 Å². The zero-order valence-electron chi connectivity index (χ0n) is 7.97. The summed E-state index contributed by atoms with van der Waals surface area (Å²) in [6.07, 6.45) is 0.854. The molecule has 0 aliphatic carbocycles. The van der Waals surface area contributed by atoms with Gasteiger partial charge in [-0.15, -0.1) is 0 Å². The van der Waals surface area contributed by atoms with Crippen LogP contribution in [-0.4, -0.2) is 10.1 Å². The standard InChI is InChI=1S/C12H10ClNO/c13-10-7-4-8-14-11(10)12(15)9-5-2-1-3-6-9/h1-8,12,15H. The Morgan fingerprint density at radius 3 is 2.47 bits per heavy atom. The van der Waals surface area contributed by atoms with Crippen LogP contribution in [0.25, 0.3) is 0 Å². The Kier molecular flexibility index (Phi) is 2.99. The van der Waals surface area contributed by atoms with E-state index in [1.54, 1.807) is 18.3 Å². The van der Waals surface area contributed by atoms with Crippen molar-refractivity contribution in [3.05, 3.63) is 64.9 Å². The van der Waals surface area contributed by atoms with Crippen molar-refractivity contribution < 1.29 is 5.11 Å². The third kappa shape index (κ3) is 2.17. The Bertz CT molecular complexity index is 444. The Morgan fingerprint density at radius 2 is 1.80 bits per heavy atom. The highest BCUT2D eigenvalue weighted by molar-refractivity contribution is 6.31. The summed E-state index contributed by atoms with van der Waals surface area (Å²) in [4.78, 5) is 4.07. The molecule has 15 heavy (non-hydrogen) atoms. The van der Waals surface area contributed by atoms with Crippen LogP contribution in [0.2, 0.25) is 5.02 Å². The number of benzene rings is 1. The van der Waals surface area contributed by atoms with E-state index in [0.717, 1.165) is 5.56 Å². The van der Waals surface area contributed by atoms with E-state index in [-0.39, 0.29) is 0 Å². The van der Waals surface area contributed by atoms with Crippen LogP contribution in [0.3, 0.4) is 0 Å². The Morgan fingerprint density at radius 1 is 1.07 bits per heavy atom. The lowest BCUT2D eigenvalue weighted by atomic mass is 10.1. The van der Waals surface area contributed by atoms with Gasteiger partial charge in [-0.3, -0.25) is 4.98 Å². The van der Waals surface area contributed by atoms with Crippen molar-refractivity contribution in [1.82, 2.24) is 4.98 Å². The van der Waals surface area contributed by atoms with E-state index < -0.39 is 6.10 Å². The number of pyridine rings is 1. The van der Waals surface area contributed by atoms with Gasteiger partial charge in [-0.2, -0.15) is 0 Å². The van der Waals surface area contributed by atoms with Crippen molar-refractivity contribution in [2.75, 3.05) is 0 Å². The number of hydrogen-bond acceptors (Lipinski definition) is 2. The molecule has 0 spiro atoms. The van der Waals surface area contributed by atoms with E-state index in [0.29, 0.717) is 10.7 Å². The van der Waals surface area contributed by atoms with Crippen LogP contribution < -0.4 is 0 Å². The van der Waals surface area contributed by atoms with Crippen molar-refractivity contribution >= 4 is 11.6 Å². The number of halogens is 1.